The molecule has 1 fully saturated rings. The number of nitrogens with zero attached hydrogens (tertiary/aromatic N) is 2. The number of carboxylic acid groups (broad SMARTS) is 1. The Kier molecular flexibility index (Phi) is 6.59. The van der Waals surface area contributed by atoms with Crippen molar-refractivity contribution in [3.05, 3.63) is 71.8 Å². The maximum Gasteiger partial charge on any atom is 0.303 e. The standard InChI is InChI=1S/C29H34N6O3/c1-34-11-13-35(14-12-34)21-8-10-24-26(18-21)33-29(31-24)20-7-9-23-25(17-20)32-28(30-23)19-4-2-5-22(16-19)38-15-3-6-27(36)37/h2,4-5,7-10,16-18,28-33H,3,6,11-15H2,1H3,(H,36,37). The number of hydrogen-bond donors (Lipinski definition) is 5. The van der Waals surface area contributed by atoms with E-state index < -0.39 is 5.97 Å². The van der Waals surface area contributed by atoms with Gasteiger partial charge < -0.3 is 40.9 Å². The summed E-state index contributed by atoms with van der Waals surface area (Å²) in [6.45, 7) is 4.66. The van der Waals surface area contributed by atoms with Crippen LogP contribution in [0.5, 0.6) is 5.75 Å². The molecule has 5 N–H and O–H groups in total. The molecular formula is C29H34N6O3. The van der Waals surface area contributed by atoms with Crippen molar-refractivity contribution in [2.75, 3.05) is 66.0 Å². The monoisotopic (exact) mass is 514 g/mol. The maximum absolute atomic E-state index is 10.7. The average molecular weight is 515 g/mol. The fourth-order valence-electron chi connectivity index (χ4n) is 5.25. The third-order valence-electron chi connectivity index (χ3n) is 7.44. The van der Waals surface area contributed by atoms with Crippen LogP contribution in [0.15, 0.2) is 60.7 Å². The molecule has 0 bridgehead atoms. The second-order valence-corrected chi connectivity index (χ2v) is 10.2. The fraction of sp³-hybridized carbons (Fsp3) is 0.345. The lowest BCUT2D eigenvalue weighted by Gasteiger charge is -2.34. The number of likely N-dealkylation sites (N-methyl/N-ethyl adjacent to an activating group) is 1. The summed E-state index contributed by atoms with van der Waals surface area (Å²) in [4.78, 5) is 15.5. The van der Waals surface area contributed by atoms with Crippen LogP contribution in [0.4, 0.5) is 28.4 Å². The third kappa shape index (κ3) is 5.15. The molecule has 6 rings (SSSR count). The summed E-state index contributed by atoms with van der Waals surface area (Å²) < 4.78 is 5.76. The first-order valence-electron chi connectivity index (χ1n) is 13.2. The molecule has 3 aliphatic heterocycles. The zero-order valence-electron chi connectivity index (χ0n) is 21.5. The number of anilines is 5. The molecule has 2 unspecified atom stereocenters. The Morgan fingerprint density at radius 2 is 1.50 bits per heavy atom. The number of hydrogen-bond acceptors (Lipinski definition) is 8. The second kappa shape index (κ2) is 10.3. The molecule has 3 heterocycles. The number of nitrogens with one attached hydrogen (secondary N) is 4. The summed E-state index contributed by atoms with van der Waals surface area (Å²) in [6, 6.07) is 21.0. The van der Waals surface area contributed by atoms with E-state index in [1.807, 2.05) is 18.2 Å². The lowest BCUT2D eigenvalue weighted by molar-refractivity contribution is -0.137. The van der Waals surface area contributed by atoms with Gasteiger partial charge in [0.1, 0.15) is 18.1 Å². The molecule has 9 heteroatoms. The first kappa shape index (κ1) is 24.2. The molecule has 3 aromatic carbocycles. The zero-order chi connectivity index (χ0) is 26.1. The predicted octanol–water partition coefficient (Wildman–Crippen LogP) is 4.75. The van der Waals surface area contributed by atoms with Crippen LogP contribution >= 0.6 is 0 Å². The number of fused-ring (bicyclic) bond motifs is 2. The van der Waals surface area contributed by atoms with Gasteiger partial charge in [0, 0.05) is 38.3 Å². The first-order chi connectivity index (χ1) is 18.5. The van der Waals surface area contributed by atoms with E-state index >= 15 is 0 Å². The van der Waals surface area contributed by atoms with E-state index in [-0.39, 0.29) is 18.8 Å². The number of carboxylic acids is 1. The highest BCUT2D eigenvalue weighted by molar-refractivity contribution is 5.81. The number of aliphatic carboxylic acids is 1. The molecule has 198 valence electrons. The van der Waals surface area contributed by atoms with Gasteiger partial charge in [0.25, 0.3) is 0 Å². The van der Waals surface area contributed by atoms with Gasteiger partial charge in [-0.2, -0.15) is 0 Å². The van der Waals surface area contributed by atoms with Crippen molar-refractivity contribution in [2.24, 2.45) is 0 Å². The number of rotatable bonds is 8. The van der Waals surface area contributed by atoms with Crippen molar-refractivity contribution >= 4 is 34.4 Å². The zero-order valence-corrected chi connectivity index (χ0v) is 21.5. The molecule has 0 aliphatic carbocycles. The molecule has 3 aliphatic rings. The maximum atomic E-state index is 10.7. The molecule has 0 saturated carbocycles. The highest BCUT2D eigenvalue weighted by Crippen LogP contribution is 2.41. The minimum absolute atomic E-state index is 0.00131. The Labute approximate surface area is 222 Å². The van der Waals surface area contributed by atoms with Gasteiger partial charge in [0.2, 0.25) is 0 Å². The van der Waals surface area contributed by atoms with E-state index in [0.29, 0.717) is 13.0 Å². The summed E-state index contributed by atoms with van der Waals surface area (Å²) in [5, 5.41) is 23.2. The summed E-state index contributed by atoms with van der Waals surface area (Å²) >= 11 is 0. The van der Waals surface area contributed by atoms with E-state index in [4.69, 9.17) is 9.84 Å². The Bertz CT molecular complexity index is 1320. The molecule has 0 aromatic heterocycles. The molecule has 2 atom stereocenters. The average Bonchev–Trinajstić information content (AvgIpc) is 3.55. The van der Waals surface area contributed by atoms with Gasteiger partial charge in [-0.25, -0.2) is 0 Å². The van der Waals surface area contributed by atoms with Crippen molar-refractivity contribution in [1.29, 1.82) is 0 Å². The van der Waals surface area contributed by atoms with Gasteiger partial charge in [-0.3, -0.25) is 4.79 Å². The quantitative estimate of drug-likeness (QED) is 0.273. The number of ether oxygens (including phenoxy) is 1. The molecule has 38 heavy (non-hydrogen) atoms. The number of piperazine rings is 1. The van der Waals surface area contributed by atoms with E-state index in [1.54, 1.807) is 0 Å². The number of carbonyl (C=O) groups is 1. The molecule has 0 amide bonds. The van der Waals surface area contributed by atoms with Crippen LogP contribution in [0, 0.1) is 0 Å². The van der Waals surface area contributed by atoms with Gasteiger partial charge in [-0.05, 0) is 67.1 Å². The van der Waals surface area contributed by atoms with Gasteiger partial charge in [0.05, 0.1) is 29.4 Å². The molecule has 0 radical (unpaired) electrons. The third-order valence-corrected chi connectivity index (χ3v) is 7.44. The van der Waals surface area contributed by atoms with Crippen molar-refractivity contribution in [3.8, 4) is 5.75 Å². The Morgan fingerprint density at radius 1 is 0.842 bits per heavy atom. The van der Waals surface area contributed by atoms with E-state index in [9.17, 15) is 4.79 Å². The van der Waals surface area contributed by atoms with Crippen LogP contribution in [0.25, 0.3) is 0 Å². The first-order valence-corrected chi connectivity index (χ1v) is 13.2. The highest BCUT2D eigenvalue weighted by atomic mass is 16.5. The van der Waals surface area contributed by atoms with Gasteiger partial charge in [-0.15, -0.1) is 0 Å². The van der Waals surface area contributed by atoms with E-state index in [0.717, 1.165) is 65.8 Å². The Hall–Kier alpha value is -4.11. The highest BCUT2D eigenvalue weighted by Gasteiger charge is 2.26. The summed E-state index contributed by atoms with van der Waals surface area (Å²) in [6.07, 6.45) is 0.519. The van der Waals surface area contributed by atoms with E-state index in [1.165, 1.54) is 5.69 Å². The predicted molar refractivity (Wildman–Crippen MR) is 151 cm³/mol. The molecule has 3 aromatic rings. The van der Waals surface area contributed by atoms with Crippen molar-refractivity contribution < 1.29 is 14.6 Å². The number of benzene rings is 3. The van der Waals surface area contributed by atoms with Gasteiger partial charge in [-0.1, -0.05) is 18.2 Å². The SMILES string of the molecule is CN1CCN(c2ccc3c(c2)NC(c2ccc4c(c2)NC(c2cccc(OCCCC(=O)O)c2)N4)N3)CC1. The van der Waals surface area contributed by atoms with Crippen molar-refractivity contribution in [2.45, 2.75) is 25.2 Å². The van der Waals surface area contributed by atoms with Crippen LogP contribution in [-0.2, 0) is 4.79 Å². The largest absolute Gasteiger partial charge is 0.494 e. The minimum Gasteiger partial charge on any atom is -0.494 e. The van der Waals surface area contributed by atoms with Crippen LogP contribution < -0.4 is 30.9 Å². The van der Waals surface area contributed by atoms with Crippen LogP contribution in [0.2, 0.25) is 0 Å². The smallest absolute Gasteiger partial charge is 0.303 e. The fourth-order valence-corrected chi connectivity index (χ4v) is 5.25. The van der Waals surface area contributed by atoms with Gasteiger partial charge in [0.15, 0.2) is 0 Å². The molecule has 9 nitrogen and oxygen atoms in total. The molecule has 1 saturated heterocycles. The Balaban J connectivity index is 1.10. The summed E-state index contributed by atoms with van der Waals surface area (Å²) in [5.41, 5.74) is 7.85. The lowest BCUT2D eigenvalue weighted by Crippen LogP contribution is -2.44. The summed E-state index contributed by atoms with van der Waals surface area (Å²) in [7, 11) is 2.18. The van der Waals surface area contributed by atoms with Crippen LogP contribution in [-0.4, -0.2) is 55.8 Å². The van der Waals surface area contributed by atoms with Crippen LogP contribution in [0.1, 0.15) is 36.3 Å². The summed E-state index contributed by atoms with van der Waals surface area (Å²) in [5.74, 6) is -0.0673. The van der Waals surface area contributed by atoms with E-state index in [2.05, 4.69) is 80.6 Å². The molecular weight excluding hydrogens is 480 g/mol. The molecule has 0 spiro atoms. The van der Waals surface area contributed by atoms with Crippen molar-refractivity contribution in [1.82, 2.24) is 4.90 Å². The topological polar surface area (TPSA) is 101 Å². The lowest BCUT2D eigenvalue weighted by atomic mass is 10.1. The normalized spacial score (nSPS) is 20.0. The van der Waals surface area contributed by atoms with Gasteiger partial charge >= 0.3 is 5.97 Å². The minimum atomic E-state index is -0.805. The Morgan fingerprint density at radius 3 is 2.24 bits per heavy atom. The second-order valence-electron chi connectivity index (χ2n) is 10.2. The van der Waals surface area contributed by atoms with Crippen molar-refractivity contribution in [3.63, 3.8) is 0 Å². The van der Waals surface area contributed by atoms with Crippen LogP contribution in [0.3, 0.4) is 0 Å².